The number of nitrogens with zero attached hydrogens (tertiary/aromatic N) is 1. The third-order valence-electron chi connectivity index (χ3n) is 3.53. The van der Waals surface area contributed by atoms with Crippen LogP contribution >= 0.6 is 0 Å². The summed E-state index contributed by atoms with van der Waals surface area (Å²) in [6.45, 7) is 0.202. The smallest absolute Gasteiger partial charge is 0.251 e. The summed E-state index contributed by atoms with van der Waals surface area (Å²) in [4.78, 5) is 36.3. The molecule has 0 aliphatic carbocycles. The Morgan fingerprint density at radius 1 is 1.30 bits per heavy atom. The van der Waals surface area contributed by atoms with Crippen LogP contribution in [0.25, 0.3) is 0 Å². The highest BCUT2D eigenvalue weighted by Crippen LogP contribution is 2.27. The van der Waals surface area contributed by atoms with Gasteiger partial charge in [-0.15, -0.1) is 0 Å². The van der Waals surface area contributed by atoms with Gasteiger partial charge in [0.05, 0.1) is 6.42 Å². The highest BCUT2D eigenvalue weighted by molar-refractivity contribution is 5.93. The SMILES string of the molecule is O=C1CCNC(=O)[C@H](CC(=O)N2CCC(F)(F)CC2)N1. The zero-order valence-electron chi connectivity index (χ0n) is 11.0. The molecule has 0 spiro atoms. The lowest BCUT2D eigenvalue weighted by atomic mass is 10.1. The van der Waals surface area contributed by atoms with Gasteiger partial charge in [-0.2, -0.15) is 0 Å². The summed E-state index contributed by atoms with van der Waals surface area (Å²) >= 11 is 0. The highest BCUT2D eigenvalue weighted by atomic mass is 19.3. The van der Waals surface area contributed by atoms with E-state index in [1.807, 2.05) is 0 Å². The Morgan fingerprint density at radius 3 is 2.60 bits per heavy atom. The second-order valence-corrected chi connectivity index (χ2v) is 5.10. The molecule has 0 saturated carbocycles. The van der Waals surface area contributed by atoms with Gasteiger partial charge in [0, 0.05) is 38.9 Å². The fraction of sp³-hybridized carbons (Fsp3) is 0.750. The maximum absolute atomic E-state index is 13.0. The highest BCUT2D eigenvalue weighted by Gasteiger charge is 2.36. The molecule has 20 heavy (non-hydrogen) atoms. The minimum atomic E-state index is -2.72. The number of amides is 3. The van der Waals surface area contributed by atoms with Crippen LogP contribution in [0, 0.1) is 0 Å². The molecule has 112 valence electrons. The molecule has 0 unspecified atom stereocenters. The molecule has 2 heterocycles. The second-order valence-electron chi connectivity index (χ2n) is 5.10. The average Bonchev–Trinajstić information content (AvgIpc) is 2.51. The summed E-state index contributed by atoms with van der Waals surface area (Å²) < 4.78 is 26.0. The predicted molar refractivity (Wildman–Crippen MR) is 64.9 cm³/mol. The monoisotopic (exact) mass is 289 g/mol. The first-order chi connectivity index (χ1) is 9.37. The maximum atomic E-state index is 13.0. The van der Waals surface area contributed by atoms with Gasteiger partial charge in [0.25, 0.3) is 5.92 Å². The lowest BCUT2D eigenvalue weighted by Crippen LogP contribution is -2.49. The first-order valence-corrected chi connectivity index (χ1v) is 6.60. The molecule has 1 atom stereocenters. The van der Waals surface area contributed by atoms with E-state index in [1.165, 1.54) is 4.90 Å². The third-order valence-corrected chi connectivity index (χ3v) is 3.53. The van der Waals surface area contributed by atoms with Gasteiger partial charge >= 0.3 is 0 Å². The molecule has 3 amide bonds. The molecule has 2 fully saturated rings. The van der Waals surface area contributed by atoms with Crippen LogP contribution in [-0.2, 0) is 14.4 Å². The molecular formula is C12H17F2N3O3. The Morgan fingerprint density at radius 2 is 1.95 bits per heavy atom. The molecule has 6 nitrogen and oxygen atoms in total. The summed E-state index contributed by atoms with van der Waals surface area (Å²) in [5, 5.41) is 5.00. The number of nitrogens with one attached hydrogen (secondary N) is 2. The molecule has 2 N–H and O–H groups in total. The van der Waals surface area contributed by atoms with Crippen LogP contribution in [0.1, 0.15) is 25.7 Å². The number of carbonyl (C=O) groups is 3. The topological polar surface area (TPSA) is 78.5 Å². The van der Waals surface area contributed by atoms with E-state index in [9.17, 15) is 23.2 Å². The average molecular weight is 289 g/mol. The van der Waals surface area contributed by atoms with E-state index in [4.69, 9.17) is 0 Å². The van der Waals surface area contributed by atoms with Crippen molar-refractivity contribution in [2.24, 2.45) is 0 Å². The van der Waals surface area contributed by atoms with Crippen LogP contribution in [0.4, 0.5) is 8.78 Å². The van der Waals surface area contributed by atoms with E-state index < -0.39 is 17.9 Å². The number of halogens is 2. The van der Waals surface area contributed by atoms with Gasteiger partial charge in [0.15, 0.2) is 0 Å². The fourth-order valence-electron chi connectivity index (χ4n) is 2.29. The molecule has 0 aromatic heterocycles. The van der Waals surface area contributed by atoms with Crippen molar-refractivity contribution in [1.29, 1.82) is 0 Å². The molecular weight excluding hydrogens is 272 g/mol. The summed E-state index contributed by atoms with van der Waals surface area (Å²) in [6, 6.07) is -0.917. The van der Waals surface area contributed by atoms with Crippen molar-refractivity contribution >= 4 is 17.7 Å². The van der Waals surface area contributed by atoms with Crippen molar-refractivity contribution in [3.05, 3.63) is 0 Å². The van der Waals surface area contributed by atoms with Crippen LogP contribution < -0.4 is 10.6 Å². The second kappa shape index (κ2) is 5.72. The molecule has 0 radical (unpaired) electrons. The Hall–Kier alpha value is -1.73. The van der Waals surface area contributed by atoms with Crippen LogP contribution in [0.15, 0.2) is 0 Å². The molecule has 2 aliphatic heterocycles. The molecule has 0 aromatic rings. The quantitative estimate of drug-likeness (QED) is 0.728. The predicted octanol–water partition coefficient (Wildman–Crippen LogP) is -0.361. The van der Waals surface area contributed by atoms with Crippen LogP contribution in [-0.4, -0.2) is 54.2 Å². The maximum Gasteiger partial charge on any atom is 0.251 e. The van der Waals surface area contributed by atoms with Crippen LogP contribution in [0.2, 0.25) is 0 Å². The number of hydrogen-bond donors (Lipinski definition) is 2. The van der Waals surface area contributed by atoms with Crippen molar-refractivity contribution < 1.29 is 23.2 Å². The van der Waals surface area contributed by atoms with Gasteiger partial charge in [-0.1, -0.05) is 0 Å². The van der Waals surface area contributed by atoms with E-state index in [1.54, 1.807) is 0 Å². The van der Waals surface area contributed by atoms with E-state index in [0.717, 1.165) is 0 Å². The zero-order chi connectivity index (χ0) is 14.8. The summed E-state index contributed by atoms with van der Waals surface area (Å²) in [7, 11) is 0. The van der Waals surface area contributed by atoms with Crippen molar-refractivity contribution in [2.75, 3.05) is 19.6 Å². The number of likely N-dealkylation sites (tertiary alicyclic amines) is 1. The number of piperidine rings is 1. The molecule has 8 heteroatoms. The Kier molecular flexibility index (Phi) is 4.20. The van der Waals surface area contributed by atoms with Gasteiger partial charge in [-0.25, -0.2) is 8.78 Å². The van der Waals surface area contributed by atoms with Gasteiger partial charge in [-0.05, 0) is 0 Å². The summed E-state index contributed by atoms with van der Waals surface area (Å²) in [6.07, 6.45) is -0.737. The lowest BCUT2D eigenvalue weighted by molar-refractivity contribution is -0.140. The number of hydrogen-bond acceptors (Lipinski definition) is 3. The Labute approximate surface area is 114 Å². The summed E-state index contributed by atoms with van der Waals surface area (Å²) in [5.74, 6) is -3.81. The van der Waals surface area contributed by atoms with Crippen LogP contribution in [0.3, 0.4) is 0 Å². The zero-order valence-corrected chi connectivity index (χ0v) is 11.0. The lowest BCUT2D eigenvalue weighted by Gasteiger charge is -2.32. The Balaban J connectivity index is 1.90. The summed E-state index contributed by atoms with van der Waals surface area (Å²) in [5.41, 5.74) is 0. The fourth-order valence-corrected chi connectivity index (χ4v) is 2.29. The molecule has 2 aliphatic rings. The van der Waals surface area contributed by atoms with E-state index in [-0.39, 0.29) is 57.1 Å². The van der Waals surface area contributed by atoms with Gasteiger partial charge in [0.1, 0.15) is 6.04 Å². The van der Waals surface area contributed by atoms with Crippen LogP contribution in [0.5, 0.6) is 0 Å². The van der Waals surface area contributed by atoms with Crippen molar-refractivity contribution in [3.8, 4) is 0 Å². The third kappa shape index (κ3) is 3.64. The Bertz CT molecular complexity index is 418. The normalized spacial score (nSPS) is 26.5. The number of rotatable bonds is 2. The van der Waals surface area contributed by atoms with Crippen molar-refractivity contribution in [1.82, 2.24) is 15.5 Å². The molecule has 2 rings (SSSR count). The first kappa shape index (κ1) is 14.7. The van der Waals surface area contributed by atoms with E-state index in [2.05, 4.69) is 10.6 Å². The standard InChI is InChI=1S/C12H17F2N3O3/c13-12(14)2-5-17(6-3-12)10(19)7-8-11(20)15-4-1-9(18)16-8/h8H,1-7H2,(H,15,20)(H,16,18)/t8-/m0/s1. The number of alkyl halides is 2. The van der Waals surface area contributed by atoms with E-state index in [0.29, 0.717) is 0 Å². The van der Waals surface area contributed by atoms with E-state index >= 15 is 0 Å². The molecule has 2 saturated heterocycles. The van der Waals surface area contributed by atoms with Gasteiger partial charge in [0.2, 0.25) is 17.7 Å². The molecule has 0 aromatic carbocycles. The number of carbonyl (C=O) groups excluding carboxylic acids is 3. The largest absolute Gasteiger partial charge is 0.354 e. The minimum absolute atomic E-state index is 0.0197. The van der Waals surface area contributed by atoms with Gasteiger partial charge < -0.3 is 15.5 Å². The molecule has 0 bridgehead atoms. The first-order valence-electron chi connectivity index (χ1n) is 6.60. The van der Waals surface area contributed by atoms with Crippen molar-refractivity contribution in [3.63, 3.8) is 0 Å². The minimum Gasteiger partial charge on any atom is -0.354 e. The van der Waals surface area contributed by atoms with Crippen molar-refractivity contribution in [2.45, 2.75) is 37.6 Å². The van der Waals surface area contributed by atoms with Gasteiger partial charge in [-0.3, -0.25) is 14.4 Å².